The number of nitrogens with zero attached hydrogens (tertiary/aromatic N) is 5. The summed E-state index contributed by atoms with van der Waals surface area (Å²) in [6, 6.07) is 0.319. The third-order valence-corrected chi connectivity index (χ3v) is 2.30. The fraction of sp³-hybridized carbons (Fsp3) is 0.455. The van der Waals surface area contributed by atoms with E-state index in [9.17, 15) is 0 Å². The van der Waals surface area contributed by atoms with Gasteiger partial charge in [0.15, 0.2) is 0 Å². The summed E-state index contributed by atoms with van der Waals surface area (Å²) in [7, 11) is 1.75. The highest BCUT2D eigenvalue weighted by molar-refractivity contribution is 5.30. The third-order valence-electron chi connectivity index (χ3n) is 2.30. The van der Waals surface area contributed by atoms with Crippen LogP contribution in [0.25, 0.3) is 5.95 Å². The molecule has 0 radical (unpaired) electrons. The summed E-state index contributed by atoms with van der Waals surface area (Å²) >= 11 is 0. The molecule has 0 fully saturated rings. The lowest BCUT2D eigenvalue weighted by atomic mass is 10.5. The van der Waals surface area contributed by atoms with Crippen molar-refractivity contribution >= 4 is 5.95 Å². The number of nitrogens with one attached hydrogen (secondary N) is 1. The summed E-state index contributed by atoms with van der Waals surface area (Å²) in [4.78, 5) is 16.8. The second kappa shape index (κ2) is 5.44. The lowest BCUT2D eigenvalue weighted by molar-refractivity contribution is 0.291. The molecule has 2 rings (SSSR count). The molecule has 0 atom stereocenters. The Morgan fingerprint density at radius 2 is 2.17 bits per heavy atom. The molecule has 2 heterocycles. The van der Waals surface area contributed by atoms with Crippen LogP contribution in [0.4, 0.5) is 5.95 Å². The minimum Gasteiger partial charge on any atom is -0.463 e. The van der Waals surface area contributed by atoms with E-state index in [1.807, 2.05) is 13.8 Å². The summed E-state index contributed by atoms with van der Waals surface area (Å²) in [6.45, 7) is 4.49. The maximum Gasteiger partial charge on any atom is 0.323 e. The third kappa shape index (κ3) is 2.55. The molecular weight excluding hydrogens is 232 g/mol. The molecule has 0 spiro atoms. The Labute approximate surface area is 105 Å². The number of anilines is 1. The van der Waals surface area contributed by atoms with E-state index >= 15 is 0 Å². The molecule has 0 amide bonds. The summed E-state index contributed by atoms with van der Waals surface area (Å²) in [5.74, 6) is 1.78. The van der Waals surface area contributed by atoms with Crippen molar-refractivity contribution in [1.29, 1.82) is 0 Å². The molecule has 2 aromatic rings. The van der Waals surface area contributed by atoms with E-state index in [0.29, 0.717) is 24.5 Å². The van der Waals surface area contributed by atoms with Crippen LogP contribution in [0.15, 0.2) is 12.4 Å². The molecule has 0 aliphatic carbocycles. The zero-order valence-corrected chi connectivity index (χ0v) is 10.7. The minimum absolute atomic E-state index is 0.319. The Morgan fingerprint density at radius 3 is 2.78 bits per heavy atom. The van der Waals surface area contributed by atoms with Gasteiger partial charge in [-0.3, -0.25) is 4.57 Å². The number of aryl methyl sites for hydroxylation is 1. The fourth-order valence-electron chi connectivity index (χ4n) is 1.41. The summed E-state index contributed by atoms with van der Waals surface area (Å²) in [5.41, 5.74) is 0. The van der Waals surface area contributed by atoms with Crippen LogP contribution < -0.4 is 10.1 Å². The van der Waals surface area contributed by atoms with Gasteiger partial charge >= 0.3 is 6.01 Å². The standard InChI is InChI=1S/C11H16N6O/c1-4-7-18-11-15-9(12-3)14-10(16-11)17-6-5-13-8(17)2/h5-6H,4,7H2,1-3H3,(H,12,14,15,16). The second-order valence-electron chi connectivity index (χ2n) is 3.68. The van der Waals surface area contributed by atoms with Crippen LogP contribution >= 0.6 is 0 Å². The monoisotopic (exact) mass is 248 g/mol. The van der Waals surface area contributed by atoms with Crippen molar-refractivity contribution in [2.24, 2.45) is 0 Å². The molecule has 0 aliphatic rings. The van der Waals surface area contributed by atoms with Gasteiger partial charge in [-0.1, -0.05) is 6.92 Å². The first-order chi connectivity index (χ1) is 8.74. The molecule has 0 saturated heterocycles. The Balaban J connectivity index is 2.38. The number of rotatable bonds is 5. The number of hydrogen-bond donors (Lipinski definition) is 1. The quantitative estimate of drug-likeness (QED) is 0.856. The van der Waals surface area contributed by atoms with E-state index in [-0.39, 0.29) is 0 Å². The van der Waals surface area contributed by atoms with Gasteiger partial charge < -0.3 is 10.1 Å². The SMILES string of the molecule is CCCOc1nc(NC)nc(-n2ccnc2C)n1. The van der Waals surface area contributed by atoms with Crippen molar-refractivity contribution in [3.05, 3.63) is 18.2 Å². The van der Waals surface area contributed by atoms with Gasteiger partial charge in [-0.05, 0) is 13.3 Å². The first-order valence-corrected chi connectivity index (χ1v) is 5.81. The number of imidazole rings is 1. The number of hydrogen-bond acceptors (Lipinski definition) is 6. The summed E-state index contributed by atoms with van der Waals surface area (Å²) in [6.07, 6.45) is 4.40. The van der Waals surface area contributed by atoms with Crippen molar-refractivity contribution in [1.82, 2.24) is 24.5 Å². The van der Waals surface area contributed by atoms with E-state index < -0.39 is 0 Å². The molecule has 0 unspecified atom stereocenters. The first kappa shape index (κ1) is 12.3. The summed E-state index contributed by atoms with van der Waals surface area (Å²) < 4.78 is 7.22. The highest BCUT2D eigenvalue weighted by atomic mass is 16.5. The van der Waals surface area contributed by atoms with Gasteiger partial charge in [0.2, 0.25) is 11.9 Å². The van der Waals surface area contributed by atoms with Crippen LogP contribution in [0, 0.1) is 6.92 Å². The molecule has 18 heavy (non-hydrogen) atoms. The zero-order chi connectivity index (χ0) is 13.0. The lowest BCUT2D eigenvalue weighted by Crippen LogP contribution is -2.10. The molecule has 0 aliphatic heterocycles. The maximum absolute atomic E-state index is 5.44. The van der Waals surface area contributed by atoms with Crippen molar-refractivity contribution < 1.29 is 4.74 Å². The van der Waals surface area contributed by atoms with Crippen molar-refractivity contribution in [2.45, 2.75) is 20.3 Å². The molecule has 0 bridgehead atoms. The van der Waals surface area contributed by atoms with E-state index in [1.165, 1.54) is 0 Å². The smallest absolute Gasteiger partial charge is 0.323 e. The molecule has 2 aromatic heterocycles. The Kier molecular flexibility index (Phi) is 3.71. The van der Waals surface area contributed by atoms with Gasteiger partial charge in [0.05, 0.1) is 6.61 Å². The van der Waals surface area contributed by atoms with Gasteiger partial charge in [-0.2, -0.15) is 15.0 Å². The van der Waals surface area contributed by atoms with E-state index in [2.05, 4.69) is 25.3 Å². The van der Waals surface area contributed by atoms with E-state index in [0.717, 1.165) is 12.2 Å². The molecule has 0 saturated carbocycles. The normalized spacial score (nSPS) is 10.4. The average Bonchev–Trinajstić information content (AvgIpc) is 2.82. The van der Waals surface area contributed by atoms with E-state index in [4.69, 9.17) is 4.74 Å². The Morgan fingerprint density at radius 1 is 1.33 bits per heavy atom. The summed E-state index contributed by atoms with van der Waals surface area (Å²) in [5, 5.41) is 2.89. The molecule has 7 nitrogen and oxygen atoms in total. The van der Waals surface area contributed by atoms with E-state index in [1.54, 1.807) is 24.0 Å². The zero-order valence-electron chi connectivity index (χ0n) is 10.7. The molecule has 0 aromatic carbocycles. The second-order valence-corrected chi connectivity index (χ2v) is 3.68. The van der Waals surface area contributed by atoms with Crippen LogP contribution in [0.1, 0.15) is 19.2 Å². The predicted octanol–water partition coefficient (Wildman–Crippen LogP) is 1.20. The van der Waals surface area contributed by atoms with Gasteiger partial charge in [0.1, 0.15) is 5.82 Å². The Hall–Kier alpha value is -2.18. The Bertz CT molecular complexity index is 524. The maximum atomic E-state index is 5.44. The fourth-order valence-corrected chi connectivity index (χ4v) is 1.41. The average molecular weight is 248 g/mol. The van der Waals surface area contributed by atoms with Gasteiger partial charge in [0, 0.05) is 19.4 Å². The molecular formula is C11H16N6O. The molecule has 1 N–H and O–H groups in total. The minimum atomic E-state index is 0.319. The largest absolute Gasteiger partial charge is 0.463 e. The molecule has 96 valence electrons. The van der Waals surface area contributed by atoms with Crippen LogP contribution in [0.3, 0.4) is 0 Å². The van der Waals surface area contributed by atoms with Crippen LogP contribution in [-0.2, 0) is 0 Å². The van der Waals surface area contributed by atoms with Gasteiger partial charge in [0.25, 0.3) is 0 Å². The highest BCUT2D eigenvalue weighted by Gasteiger charge is 2.09. The lowest BCUT2D eigenvalue weighted by Gasteiger charge is -2.08. The highest BCUT2D eigenvalue weighted by Crippen LogP contribution is 2.12. The van der Waals surface area contributed by atoms with Crippen molar-refractivity contribution in [2.75, 3.05) is 19.0 Å². The molecule has 7 heteroatoms. The van der Waals surface area contributed by atoms with Crippen molar-refractivity contribution in [3.63, 3.8) is 0 Å². The number of ether oxygens (including phenoxy) is 1. The van der Waals surface area contributed by atoms with Gasteiger partial charge in [-0.15, -0.1) is 0 Å². The number of aromatic nitrogens is 5. The van der Waals surface area contributed by atoms with Crippen LogP contribution in [0.2, 0.25) is 0 Å². The first-order valence-electron chi connectivity index (χ1n) is 5.81. The topological polar surface area (TPSA) is 77.8 Å². The van der Waals surface area contributed by atoms with Crippen LogP contribution in [-0.4, -0.2) is 38.2 Å². The predicted molar refractivity (Wildman–Crippen MR) is 67.0 cm³/mol. The van der Waals surface area contributed by atoms with Crippen molar-refractivity contribution in [3.8, 4) is 12.0 Å². The van der Waals surface area contributed by atoms with Crippen LogP contribution in [0.5, 0.6) is 6.01 Å². The van der Waals surface area contributed by atoms with Gasteiger partial charge in [-0.25, -0.2) is 4.98 Å².